The van der Waals surface area contributed by atoms with Crippen LogP contribution in [0.3, 0.4) is 0 Å². The van der Waals surface area contributed by atoms with Crippen molar-refractivity contribution in [2.24, 2.45) is 0 Å². The van der Waals surface area contributed by atoms with E-state index in [0.717, 1.165) is 5.56 Å². The Balaban J connectivity index is 1.99. The molecule has 0 aromatic heterocycles. The summed E-state index contributed by atoms with van der Waals surface area (Å²) in [5.74, 6) is -2.12. The topological polar surface area (TPSA) is 76.1 Å². The van der Waals surface area contributed by atoms with Crippen LogP contribution in [0.1, 0.15) is 22.7 Å². The lowest BCUT2D eigenvalue weighted by Crippen LogP contribution is -2.29. The molecule has 1 heterocycles. The van der Waals surface area contributed by atoms with Gasteiger partial charge >= 0.3 is 0 Å². The zero-order valence-electron chi connectivity index (χ0n) is 18.3. The zero-order chi connectivity index (χ0) is 23.7. The van der Waals surface area contributed by atoms with Gasteiger partial charge in [-0.25, -0.2) is 4.39 Å². The summed E-state index contributed by atoms with van der Waals surface area (Å²) >= 11 is 0. The number of aliphatic hydroxyl groups is 1. The maximum Gasteiger partial charge on any atom is 0.300 e. The quantitative estimate of drug-likeness (QED) is 0.346. The summed E-state index contributed by atoms with van der Waals surface area (Å²) in [6.07, 6.45) is 0. The Bertz CT molecular complexity index is 1280. The molecular formula is C26H22FNO5. The minimum absolute atomic E-state index is 0.0900. The van der Waals surface area contributed by atoms with Crippen LogP contribution in [0.2, 0.25) is 0 Å². The number of Topliss-reactive ketones (excluding diaryl/α,β-unsaturated/α-hetero) is 1. The van der Waals surface area contributed by atoms with Gasteiger partial charge in [-0.3, -0.25) is 14.5 Å². The molecule has 4 rings (SSSR count). The molecule has 3 aromatic rings. The molecule has 1 N–H and O–H groups in total. The van der Waals surface area contributed by atoms with Crippen molar-refractivity contribution in [3.8, 4) is 11.5 Å². The first-order valence-electron chi connectivity index (χ1n) is 10.2. The summed E-state index contributed by atoms with van der Waals surface area (Å²) in [5.41, 5.74) is 1.33. The van der Waals surface area contributed by atoms with E-state index in [0.29, 0.717) is 11.4 Å². The number of hydrogen-bond acceptors (Lipinski definition) is 5. The molecule has 6 nitrogen and oxygen atoms in total. The second kappa shape index (κ2) is 8.78. The molecule has 7 heteroatoms. The molecule has 1 saturated heterocycles. The number of methoxy groups -OCH3 is 2. The van der Waals surface area contributed by atoms with Gasteiger partial charge in [-0.1, -0.05) is 30.3 Å². The first kappa shape index (κ1) is 22.1. The summed E-state index contributed by atoms with van der Waals surface area (Å²) in [4.78, 5) is 27.6. The Morgan fingerprint density at radius 3 is 2.39 bits per heavy atom. The van der Waals surface area contributed by atoms with E-state index in [1.807, 2.05) is 13.0 Å². The smallest absolute Gasteiger partial charge is 0.300 e. The molecule has 0 saturated carbocycles. The van der Waals surface area contributed by atoms with E-state index >= 15 is 0 Å². The van der Waals surface area contributed by atoms with Gasteiger partial charge in [0.05, 0.1) is 31.4 Å². The van der Waals surface area contributed by atoms with Crippen LogP contribution in [0, 0.1) is 12.7 Å². The highest BCUT2D eigenvalue weighted by Gasteiger charge is 2.48. The van der Waals surface area contributed by atoms with E-state index in [4.69, 9.17) is 9.47 Å². The fourth-order valence-corrected chi connectivity index (χ4v) is 4.01. The van der Waals surface area contributed by atoms with Gasteiger partial charge in [-0.15, -0.1) is 0 Å². The van der Waals surface area contributed by atoms with Gasteiger partial charge < -0.3 is 14.6 Å². The molecule has 0 aliphatic carbocycles. The number of anilines is 1. The highest BCUT2D eigenvalue weighted by Crippen LogP contribution is 2.44. The van der Waals surface area contributed by atoms with Crippen LogP contribution < -0.4 is 14.4 Å². The number of benzene rings is 3. The largest absolute Gasteiger partial charge is 0.507 e. The van der Waals surface area contributed by atoms with Crippen molar-refractivity contribution in [3.63, 3.8) is 0 Å². The van der Waals surface area contributed by atoms with Gasteiger partial charge in [-0.05, 0) is 42.8 Å². The van der Waals surface area contributed by atoms with Crippen LogP contribution in [-0.2, 0) is 9.59 Å². The number of ether oxygens (including phenoxy) is 2. The van der Waals surface area contributed by atoms with Crippen molar-refractivity contribution in [1.82, 2.24) is 0 Å². The molecule has 1 atom stereocenters. The first-order chi connectivity index (χ1) is 15.9. The predicted octanol–water partition coefficient (Wildman–Crippen LogP) is 4.78. The Morgan fingerprint density at radius 2 is 1.73 bits per heavy atom. The second-order valence-corrected chi connectivity index (χ2v) is 7.60. The van der Waals surface area contributed by atoms with Gasteiger partial charge in [0, 0.05) is 17.3 Å². The molecule has 1 unspecified atom stereocenters. The summed E-state index contributed by atoms with van der Waals surface area (Å²) in [5, 5.41) is 11.3. The van der Waals surface area contributed by atoms with Crippen molar-refractivity contribution in [2.45, 2.75) is 13.0 Å². The number of ketones is 1. The molecule has 168 valence electrons. The third-order valence-electron chi connectivity index (χ3n) is 5.59. The Morgan fingerprint density at radius 1 is 0.970 bits per heavy atom. The first-order valence-corrected chi connectivity index (χ1v) is 10.2. The van der Waals surface area contributed by atoms with E-state index in [9.17, 15) is 19.1 Å². The van der Waals surface area contributed by atoms with Crippen molar-refractivity contribution in [3.05, 3.63) is 94.8 Å². The monoisotopic (exact) mass is 447 g/mol. The molecule has 1 aliphatic rings. The molecule has 1 aliphatic heterocycles. The van der Waals surface area contributed by atoms with Gasteiger partial charge in [0.25, 0.3) is 11.7 Å². The molecular weight excluding hydrogens is 425 g/mol. The van der Waals surface area contributed by atoms with Crippen molar-refractivity contribution in [1.29, 1.82) is 0 Å². The van der Waals surface area contributed by atoms with Crippen LogP contribution in [0.15, 0.2) is 72.3 Å². The number of rotatable bonds is 5. The van der Waals surface area contributed by atoms with E-state index < -0.39 is 29.3 Å². The molecule has 3 aromatic carbocycles. The second-order valence-electron chi connectivity index (χ2n) is 7.60. The highest BCUT2D eigenvalue weighted by molar-refractivity contribution is 6.51. The predicted molar refractivity (Wildman–Crippen MR) is 122 cm³/mol. The number of halogens is 1. The van der Waals surface area contributed by atoms with Gasteiger partial charge in [-0.2, -0.15) is 0 Å². The Labute approximate surface area is 190 Å². The molecule has 0 bridgehead atoms. The third-order valence-corrected chi connectivity index (χ3v) is 5.59. The number of aliphatic hydroxyl groups excluding tert-OH is 1. The summed E-state index contributed by atoms with van der Waals surface area (Å²) in [6.45, 7) is 1.85. The fraction of sp³-hybridized carbons (Fsp3) is 0.154. The van der Waals surface area contributed by atoms with E-state index in [1.165, 1.54) is 43.4 Å². The summed E-state index contributed by atoms with van der Waals surface area (Å²) < 4.78 is 25.5. The Kier molecular flexibility index (Phi) is 5.87. The number of amides is 1. The standard InChI is InChI=1S/C26H22FNO5/c1-15-7-6-8-16(13-15)28-23(18-9-4-5-10-20(18)27)22(25(30)26(28)31)24(29)19-12-11-17(32-2)14-21(19)33-3/h4-14,23,29H,1-3H3/b24-22+. The van der Waals surface area contributed by atoms with E-state index in [2.05, 4.69) is 0 Å². The highest BCUT2D eigenvalue weighted by atomic mass is 19.1. The average molecular weight is 447 g/mol. The van der Waals surface area contributed by atoms with Crippen molar-refractivity contribution < 1.29 is 28.6 Å². The molecule has 33 heavy (non-hydrogen) atoms. The lowest BCUT2D eigenvalue weighted by Gasteiger charge is -2.26. The normalized spacial score (nSPS) is 17.3. The van der Waals surface area contributed by atoms with Crippen molar-refractivity contribution in [2.75, 3.05) is 19.1 Å². The maximum absolute atomic E-state index is 15.0. The molecule has 1 fully saturated rings. The van der Waals surface area contributed by atoms with Gasteiger partial charge in [0.2, 0.25) is 0 Å². The summed E-state index contributed by atoms with van der Waals surface area (Å²) in [7, 11) is 2.89. The van der Waals surface area contributed by atoms with E-state index in [1.54, 1.807) is 36.4 Å². The molecule has 1 amide bonds. The zero-order valence-corrected chi connectivity index (χ0v) is 18.3. The van der Waals surface area contributed by atoms with Crippen LogP contribution in [0.4, 0.5) is 10.1 Å². The van der Waals surface area contributed by atoms with Crippen LogP contribution >= 0.6 is 0 Å². The van der Waals surface area contributed by atoms with Gasteiger partial charge in [0.1, 0.15) is 23.1 Å². The number of nitrogens with zero attached hydrogens (tertiary/aromatic N) is 1. The van der Waals surface area contributed by atoms with Crippen molar-refractivity contribution >= 4 is 23.1 Å². The lowest BCUT2D eigenvalue weighted by atomic mass is 9.94. The minimum atomic E-state index is -1.17. The fourth-order valence-electron chi connectivity index (χ4n) is 4.01. The van der Waals surface area contributed by atoms with Gasteiger partial charge in [0.15, 0.2) is 0 Å². The minimum Gasteiger partial charge on any atom is -0.507 e. The van der Waals surface area contributed by atoms with E-state index in [-0.39, 0.29) is 22.4 Å². The number of carbonyl (C=O) groups excluding carboxylic acids is 2. The molecule has 0 spiro atoms. The van der Waals surface area contributed by atoms with Crippen LogP contribution in [-0.4, -0.2) is 31.0 Å². The number of carbonyl (C=O) groups is 2. The summed E-state index contributed by atoms with van der Waals surface area (Å²) in [6, 6.07) is 16.4. The average Bonchev–Trinajstić information content (AvgIpc) is 3.08. The SMILES string of the molecule is COc1ccc(/C(O)=C2\C(=O)C(=O)N(c3cccc(C)c3)C2c2ccccc2F)c(OC)c1. The third kappa shape index (κ3) is 3.82. The maximum atomic E-state index is 15.0. The molecule has 0 radical (unpaired) electrons. The lowest BCUT2D eigenvalue weighted by molar-refractivity contribution is -0.132. The number of aryl methyl sites for hydroxylation is 1. The number of hydrogen-bond donors (Lipinski definition) is 1. The Hall–Kier alpha value is -4.13. The van der Waals surface area contributed by atoms with Crippen LogP contribution in [0.25, 0.3) is 5.76 Å². The van der Waals surface area contributed by atoms with Crippen LogP contribution in [0.5, 0.6) is 11.5 Å².